The Morgan fingerprint density at radius 1 is 0.917 bits per heavy atom. The molecule has 0 aliphatic rings. The largest absolute Gasteiger partial charge is 0.481 e. The predicted octanol–water partition coefficient (Wildman–Crippen LogP) is 6.79. The molecule has 36 heavy (non-hydrogen) atoms. The summed E-state index contributed by atoms with van der Waals surface area (Å²) in [6, 6.07) is 16.1. The molecule has 6 nitrogen and oxygen atoms in total. The van der Waals surface area contributed by atoms with Crippen LogP contribution in [0.2, 0.25) is 10.0 Å². The number of hydrogen-bond acceptors (Lipinski definition) is 4. The third kappa shape index (κ3) is 6.88. The van der Waals surface area contributed by atoms with Gasteiger partial charge in [0.05, 0.1) is 10.0 Å². The minimum Gasteiger partial charge on any atom is -0.481 e. The van der Waals surface area contributed by atoms with Crippen LogP contribution in [-0.2, 0) is 9.59 Å². The van der Waals surface area contributed by atoms with Crippen LogP contribution < -0.4 is 15.4 Å². The van der Waals surface area contributed by atoms with Gasteiger partial charge in [0.1, 0.15) is 11.6 Å². The van der Waals surface area contributed by atoms with E-state index in [-0.39, 0.29) is 33.9 Å². The van der Waals surface area contributed by atoms with Crippen LogP contribution in [0.4, 0.5) is 11.4 Å². The number of rotatable bonds is 7. The Balaban J connectivity index is 1.70. The average Bonchev–Trinajstić information content (AvgIpc) is 2.81. The molecule has 0 saturated heterocycles. The van der Waals surface area contributed by atoms with Crippen molar-refractivity contribution in [3.63, 3.8) is 0 Å². The highest BCUT2D eigenvalue weighted by Gasteiger charge is 2.15. The Morgan fingerprint density at radius 2 is 1.61 bits per heavy atom. The fourth-order valence-electron chi connectivity index (χ4n) is 3.41. The van der Waals surface area contributed by atoms with Gasteiger partial charge in [-0.1, -0.05) is 47.0 Å². The van der Waals surface area contributed by atoms with E-state index in [4.69, 9.17) is 27.9 Å². The molecule has 0 aliphatic carbocycles. The summed E-state index contributed by atoms with van der Waals surface area (Å²) in [5, 5.41) is 15.3. The van der Waals surface area contributed by atoms with E-state index in [1.165, 1.54) is 18.2 Å². The van der Waals surface area contributed by atoms with Gasteiger partial charge in [-0.2, -0.15) is 5.26 Å². The minimum atomic E-state index is -0.556. The number of carbonyl (C=O) groups is 2. The topological polar surface area (TPSA) is 91.2 Å². The summed E-state index contributed by atoms with van der Waals surface area (Å²) in [7, 11) is 0. The van der Waals surface area contributed by atoms with E-state index in [2.05, 4.69) is 10.6 Å². The number of nitrogens with zero attached hydrogens (tertiary/aromatic N) is 1. The van der Waals surface area contributed by atoms with Crippen LogP contribution in [0.3, 0.4) is 0 Å². The highest BCUT2D eigenvalue weighted by atomic mass is 35.5. The normalized spacial score (nSPS) is 11.0. The average molecular weight is 522 g/mol. The first-order valence-electron chi connectivity index (χ1n) is 11.1. The maximum Gasteiger partial charge on any atom is 0.266 e. The summed E-state index contributed by atoms with van der Waals surface area (Å²) >= 11 is 12.7. The number of carbonyl (C=O) groups excluding carboxylic acids is 2. The van der Waals surface area contributed by atoms with Gasteiger partial charge in [0.15, 0.2) is 12.4 Å². The smallest absolute Gasteiger partial charge is 0.266 e. The monoisotopic (exact) mass is 521 g/mol. The number of nitriles is 1. The SMILES string of the molecule is Cc1ccc(NC(=O)/C(C#N)=C/c2cc(Cl)c(OCC(=O)Nc3ccc(C)c(C)c3)c(Cl)c2)c(C)c1. The Labute approximate surface area is 220 Å². The third-order valence-electron chi connectivity index (χ3n) is 5.47. The molecular weight excluding hydrogens is 497 g/mol. The molecule has 0 atom stereocenters. The van der Waals surface area contributed by atoms with Crippen molar-refractivity contribution in [1.82, 2.24) is 0 Å². The second kappa shape index (κ2) is 11.8. The molecule has 0 aliphatic heterocycles. The van der Waals surface area contributed by atoms with Crippen LogP contribution in [0, 0.1) is 39.0 Å². The van der Waals surface area contributed by atoms with Crippen LogP contribution in [0.1, 0.15) is 27.8 Å². The molecule has 3 aromatic carbocycles. The first-order chi connectivity index (χ1) is 17.1. The van der Waals surface area contributed by atoms with Crippen LogP contribution in [0.25, 0.3) is 6.08 Å². The molecule has 2 amide bonds. The summed E-state index contributed by atoms with van der Waals surface area (Å²) in [5.41, 5.74) is 5.72. The first kappa shape index (κ1) is 26.8. The zero-order valence-corrected chi connectivity index (χ0v) is 21.8. The molecule has 0 bridgehead atoms. The van der Waals surface area contributed by atoms with E-state index in [0.29, 0.717) is 16.9 Å². The van der Waals surface area contributed by atoms with E-state index in [1.807, 2.05) is 64.1 Å². The highest BCUT2D eigenvalue weighted by molar-refractivity contribution is 6.37. The van der Waals surface area contributed by atoms with Gasteiger partial charge < -0.3 is 15.4 Å². The first-order valence-corrected chi connectivity index (χ1v) is 11.8. The number of amides is 2. The lowest BCUT2D eigenvalue weighted by Crippen LogP contribution is -2.20. The molecule has 8 heteroatoms. The van der Waals surface area contributed by atoms with Gasteiger partial charge in [-0.25, -0.2) is 0 Å². The molecule has 0 fully saturated rings. The van der Waals surface area contributed by atoms with Crippen LogP contribution >= 0.6 is 23.2 Å². The lowest BCUT2D eigenvalue weighted by atomic mass is 10.1. The fraction of sp³-hybridized carbons (Fsp3) is 0.179. The fourth-order valence-corrected chi connectivity index (χ4v) is 4.03. The standard InChI is InChI=1S/C28H25Cl2N3O3/c1-16-5-8-25(19(4)9-16)33-28(35)21(14-31)11-20-12-23(29)27(24(30)13-20)36-15-26(34)32-22-7-6-17(2)18(3)10-22/h5-13H,15H2,1-4H3,(H,32,34)(H,33,35)/b21-11+. The lowest BCUT2D eigenvalue weighted by molar-refractivity contribution is -0.118. The Bertz CT molecular complexity index is 1380. The lowest BCUT2D eigenvalue weighted by Gasteiger charge is -2.12. The minimum absolute atomic E-state index is 0.122. The van der Waals surface area contributed by atoms with Crippen molar-refractivity contribution in [3.05, 3.63) is 92.0 Å². The summed E-state index contributed by atoms with van der Waals surface area (Å²) in [6.07, 6.45) is 1.38. The van der Waals surface area contributed by atoms with Gasteiger partial charge in [0.2, 0.25) is 0 Å². The van der Waals surface area contributed by atoms with E-state index in [9.17, 15) is 14.9 Å². The molecule has 2 N–H and O–H groups in total. The van der Waals surface area contributed by atoms with Crippen LogP contribution in [0.15, 0.2) is 54.1 Å². The number of benzene rings is 3. The molecular formula is C28H25Cl2N3O3. The maximum absolute atomic E-state index is 12.7. The molecule has 184 valence electrons. The van der Waals surface area contributed by atoms with Gasteiger partial charge in [0.25, 0.3) is 11.8 Å². The molecule has 3 rings (SSSR count). The third-order valence-corrected chi connectivity index (χ3v) is 6.03. The molecule has 0 radical (unpaired) electrons. The van der Waals surface area contributed by atoms with Gasteiger partial charge in [-0.15, -0.1) is 0 Å². The van der Waals surface area contributed by atoms with Crippen molar-refractivity contribution in [2.24, 2.45) is 0 Å². The van der Waals surface area contributed by atoms with Crippen molar-refractivity contribution >= 4 is 52.5 Å². The Kier molecular flexibility index (Phi) is 8.76. The van der Waals surface area contributed by atoms with E-state index < -0.39 is 5.91 Å². The second-order valence-corrected chi connectivity index (χ2v) is 9.21. The summed E-state index contributed by atoms with van der Waals surface area (Å²) in [4.78, 5) is 25.0. The van der Waals surface area contributed by atoms with Crippen molar-refractivity contribution < 1.29 is 14.3 Å². The Hall–Kier alpha value is -3.79. The zero-order chi connectivity index (χ0) is 26.4. The number of nitrogens with one attached hydrogen (secondary N) is 2. The van der Waals surface area contributed by atoms with Gasteiger partial charge in [-0.3, -0.25) is 9.59 Å². The Morgan fingerprint density at radius 3 is 2.22 bits per heavy atom. The zero-order valence-electron chi connectivity index (χ0n) is 20.3. The molecule has 0 aromatic heterocycles. The second-order valence-electron chi connectivity index (χ2n) is 8.39. The maximum atomic E-state index is 12.7. The molecule has 0 saturated carbocycles. The van der Waals surface area contributed by atoms with E-state index >= 15 is 0 Å². The van der Waals surface area contributed by atoms with Gasteiger partial charge in [0, 0.05) is 11.4 Å². The number of anilines is 2. The number of aryl methyl sites for hydroxylation is 4. The van der Waals surface area contributed by atoms with Gasteiger partial charge in [-0.05, 0) is 86.4 Å². The van der Waals surface area contributed by atoms with Crippen LogP contribution in [-0.4, -0.2) is 18.4 Å². The van der Waals surface area contributed by atoms with E-state index in [1.54, 1.807) is 6.07 Å². The number of hydrogen-bond donors (Lipinski definition) is 2. The summed E-state index contributed by atoms with van der Waals surface area (Å²) in [6.45, 7) is 7.48. The summed E-state index contributed by atoms with van der Waals surface area (Å²) in [5.74, 6) is -0.798. The van der Waals surface area contributed by atoms with E-state index in [0.717, 1.165) is 22.3 Å². The van der Waals surface area contributed by atoms with Crippen molar-refractivity contribution in [1.29, 1.82) is 5.26 Å². The molecule has 0 heterocycles. The molecule has 3 aromatic rings. The molecule has 0 spiro atoms. The number of halogens is 2. The quantitative estimate of drug-likeness (QED) is 0.264. The van der Waals surface area contributed by atoms with Crippen molar-refractivity contribution in [2.75, 3.05) is 17.2 Å². The van der Waals surface area contributed by atoms with Gasteiger partial charge >= 0.3 is 0 Å². The van der Waals surface area contributed by atoms with Crippen molar-refractivity contribution in [3.8, 4) is 11.8 Å². The number of ether oxygens (including phenoxy) is 1. The highest BCUT2D eigenvalue weighted by Crippen LogP contribution is 2.35. The molecule has 0 unspecified atom stereocenters. The van der Waals surface area contributed by atoms with Crippen LogP contribution in [0.5, 0.6) is 5.75 Å². The van der Waals surface area contributed by atoms with Crippen molar-refractivity contribution in [2.45, 2.75) is 27.7 Å². The predicted molar refractivity (Wildman–Crippen MR) is 145 cm³/mol. The summed E-state index contributed by atoms with van der Waals surface area (Å²) < 4.78 is 5.55.